The van der Waals surface area contributed by atoms with E-state index in [9.17, 15) is 26.3 Å². The van der Waals surface area contributed by atoms with Gasteiger partial charge < -0.3 is 9.88 Å². The van der Waals surface area contributed by atoms with Crippen LogP contribution in [-0.2, 0) is 6.18 Å². The van der Waals surface area contributed by atoms with Crippen LogP contribution in [0.15, 0.2) is 18.3 Å². The van der Waals surface area contributed by atoms with E-state index in [0.717, 1.165) is 0 Å². The van der Waals surface area contributed by atoms with Crippen molar-refractivity contribution in [2.24, 2.45) is 0 Å². The number of rotatable bonds is 1. The first-order valence-electron chi connectivity index (χ1n) is 7.19. The zero-order valence-corrected chi connectivity index (χ0v) is 12.8. The van der Waals surface area contributed by atoms with Gasteiger partial charge in [0.15, 0.2) is 0 Å². The molecule has 8 heteroatoms. The fourth-order valence-electron chi connectivity index (χ4n) is 3.36. The monoisotopic (exact) mass is 348 g/mol. The fourth-order valence-corrected chi connectivity index (χ4v) is 3.36. The maximum Gasteiger partial charge on any atom is 0.418 e. The number of anilines is 1. The van der Waals surface area contributed by atoms with Crippen LogP contribution in [0.25, 0.3) is 17.0 Å². The molecule has 24 heavy (non-hydrogen) atoms. The smallest absolute Gasteiger partial charge is 0.367 e. The summed E-state index contributed by atoms with van der Waals surface area (Å²) in [6.07, 6.45) is -5.87. The number of hydrogen-bond acceptors (Lipinski definition) is 1. The summed E-state index contributed by atoms with van der Waals surface area (Å²) in [5, 5.41) is 0.344. The average Bonchev–Trinajstić information content (AvgIpc) is 2.87. The molecular weight excluding hydrogens is 334 g/mol. The van der Waals surface area contributed by atoms with Crippen LogP contribution in [0.4, 0.5) is 32.0 Å². The molecule has 1 aliphatic heterocycles. The molecule has 0 saturated carbocycles. The third kappa shape index (κ3) is 2.63. The number of alkyl halides is 6. The van der Waals surface area contributed by atoms with Crippen molar-refractivity contribution in [2.75, 3.05) is 11.9 Å². The molecule has 0 radical (unpaired) electrons. The Morgan fingerprint density at radius 2 is 1.83 bits per heavy atom. The van der Waals surface area contributed by atoms with Gasteiger partial charge in [-0.05, 0) is 18.6 Å². The molecule has 1 atom stereocenters. The summed E-state index contributed by atoms with van der Waals surface area (Å²) >= 11 is 0. The lowest BCUT2D eigenvalue weighted by atomic mass is 9.91. The number of benzene rings is 1. The van der Waals surface area contributed by atoms with E-state index < -0.39 is 30.4 Å². The topological polar surface area (TPSA) is 19.0 Å². The van der Waals surface area contributed by atoms with Crippen LogP contribution in [-0.4, -0.2) is 24.2 Å². The minimum Gasteiger partial charge on any atom is -0.367 e. The van der Waals surface area contributed by atoms with Gasteiger partial charge in [0.05, 0.1) is 23.5 Å². The van der Waals surface area contributed by atoms with Crippen LogP contribution < -0.4 is 4.90 Å². The van der Waals surface area contributed by atoms with Gasteiger partial charge >= 0.3 is 12.4 Å². The molecule has 2 aromatic rings. The lowest BCUT2D eigenvalue weighted by Gasteiger charge is -2.35. The van der Waals surface area contributed by atoms with Crippen molar-refractivity contribution in [3.8, 4) is 0 Å². The van der Waals surface area contributed by atoms with Crippen molar-refractivity contribution in [1.29, 1.82) is 0 Å². The Labute approximate surface area is 133 Å². The lowest BCUT2D eigenvalue weighted by Crippen LogP contribution is -2.37. The number of H-pyrrole nitrogens is 1. The molecule has 1 aromatic heterocycles. The molecule has 0 saturated heterocycles. The molecule has 0 bridgehead atoms. The highest BCUT2D eigenvalue weighted by molar-refractivity contribution is 5.99. The molecule has 0 spiro atoms. The van der Waals surface area contributed by atoms with E-state index in [2.05, 4.69) is 4.98 Å². The Morgan fingerprint density at radius 3 is 2.42 bits per heavy atom. The van der Waals surface area contributed by atoms with Gasteiger partial charge in [0.25, 0.3) is 0 Å². The second-order valence-electron chi connectivity index (χ2n) is 5.88. The maximum absolute atomic E-state index is 13.5. The van der Waals surface area contributed by atoms with Gasteiger partial charge in [0.1, 0.15) is 0 Å². The molecule has 3 rings (SSSR count). The summed E-state index contributed by atoms with van der Waals surface area (Å²) in [4.78, 5) is 3.88. The Balaban J connectivity index is 2.24. The van der Waals surface area contributed by atoms with Gasteiger partial charge in [-0.1, -0.05) is 12.2 Å². The molecule has 0 aliphatic carbocycles. The van der Waals surface area contributed by atoms with Gasteiger partial charge in [0.2, 0.25) is 0 Å². The molecule has 2 heterocycles. The lowest BCUT2D eigenvalue weighted by molar-refractivity contribution is -0.137. The Morgan fingerprint density at radius 1 is 1.17 bits per heavy atom. The number of likely N-dealkylation sites (N-methyl/N-ethyl adjacent to an activating group) is 1. The van der Waals surface area contributed by atoms with Gasteiger partial charge in [-0.15, -0.1) is 0 Å². The van der Waals surface area contributed by atoms with Crippen molar-refractivity contribution in [3.63, 3.8) is 0 Å². The molecule has 0 amide bonds. The Bertz CT molecular complexity index is 813. The number of aromatic nitrogens is 1. The third-order valence-electron chi connectivity index (χ3n) is 4.33. The van der Waals surface area contributed by atoms with Crippen molar-refractivity contribution in [2.45, 2.75) is 31.7 Å². The van der Waals surface area contributed by atoms with Crippen LogP contribution in [0.1, 0.15) is 23.1 Å². The van der Waals surface area contributed by atoms with Crippen LogP contribution in [0.3, 0.4) is 0 Å². The standard InChI is InChI=1S/C16H14F6N2/c1-8-12(16(20,21)22)13-10(5-6-23-13)11-4-3-9(7-15(17,18)19)24(2)14(8)11/h3-6,9,23H,7H2,1-2H3. The highest BCUT2D eigenvalue weighted by atomic mass is 19.4. The number of hydrogen-bond donors (Lipinski definition) is 1. The van der Waals surface area contributed by atoms with E-state index in [-0.39, 0.29) is 16.8 Å². The molecule has 2 nitrogen and oxygen atoms in total. The number of nitrogens with zero attached hydrogens (tertiary/aromatic N) is 1. The van der Waals surface area contributed by atoms with Crippen LogP contribution in [0.5, 0.6) is 0 Å². The highest BCUT2D eigenvalue weighted by Crippen LogP contribution is 2.46. The molecule has 1 aliphatic rings. The summed E-state index contributed by atoms with van der Waals surface area (Å²) in [5.41, 5.74) is -0.282. The second-order valence-corrected chi connectivity index (χ2v) is 5.88. The summed E-state index contributed by atoms with van der Waals surface area (Å²) < 4.78 is 78.6. The zero-order chi connectivity index (χ0) is 17.9. The van der Waals surface area contributed by atoms with E-state index in [1.54, 1.807) is 0 Å². The SMILES string of the molecule is Cc1c2c(c3cc[nH]c3c1C(F)(F)F)C=CC(CC(F)(F)F)N2C. The predicted octanol–water partition coefficient (Wildman–Crippen LogP) is 5.28. The maximum atomic E-state index is 13.5. The fraction of sp³-hybridized carbons (Fsp3) is 0.375. The van der Waals surface area contributed by atoms with Gasteiger partial charge in [-0.2, -0.15) is 26.3 Å². The normalized spacial score (nSPS) is 18.3. The highest BCUT2D eigenvalue weighted by Gasteiger charge is 2.40. The van der Waals surface area contributed by atoms with Crippen molar-refractivity contribution >= 4 is 22.7 Å². The van der Waals surface area contributed by atoms with Crippen LogP contribution in [0, 0.1) is 6.92 Å². The molecule has 0 fully saturated rings. The van der Waals surface area contributed by atoms with Gasteiger partial charge in [-0.25, -0.2) is 0 Å². The Kier molecular flexibility index (Phi) is 3.62. The molecule has 1 N–H and O–H groups in total. The van der Waals surface area contributed by atoms with E-state index >= 15 is 0 Å². The first-order valence-corrected chi connectivity index (χ1v) is 7.19. The summed E-state index contributed by atoms with van der Waals surface area (Å²) in [6, 6.07) is 0.471. The third-order valence-corrected chi connectivity index (χ3v) is 4.33. The predicted molar refractivity (Wildman–Crippen MR) is 79.9 cm³/mol. The first-order chi connectivity index (χ1) is 11.0. The van der Waals surface area contributed by atoms with E-state index in [1.807, 2.05) is 0 Å². The molecular formula is C16H14F6N2. The minimum absolute atomic E-state index is 0.0499. The Hall–Kier alpha value is -2.12. The van der Waals surface area contributed by atoms with Crippen LogP contribution in [0.2, 0.25) is 0 Å². The quantitative estimate of drug-likeness (QED) is 0.695. The van der Waals surface area contributed by atoms with E-state index in [0.29, 0.717) is 10.9 Å². The number of aromatic amines is 1. The van der Waals surface area contributed by atoms with Gasteiger partial charge in [-0.3, -0.25) is 0 Å². The minimum atomic E-state index is -4.61. The molecule has 1 aromatic carbocycles. The number of nitrogens with one attached hydrogen (secondary N) is 1. The van der Waals surface area contributed by atoms with Crippen LogP contribution >= 0.6 is 0 Å². The summed E-state index contributed by atoms with van der Waals surface area (Å²) in [5.74, 6) is 0. The zero-order valence-electron chi connectivity index (χ0n) is 12.8. The van der Waals surface area contributed by atoms with Crippen molar-refractivity contribution in [1.82, 2.24) is 4.98 Å². The molecule has 130 valence electrons. The van der Waals surface area contributed by atoms with E-state index in [4.69, 9.17) is 0 Å². The van der Waals surface area contributed by atoms with Gasteiger partial charge in [0, 0.05) is 29.9 Å². The largest absolute Gasteiger partial charge is 0.418 e. The number of fused-ring (bicyclic) bond motifs is 3. The van der Waals surface area contributed by atoms with E-state index in [1.165, 1.54) is 43.3 Å². The average molecular weight is 348 g/mol. The second kappa shape index (κ2) is 5.19. The number of halogens is 6. The molecule has 1 unspecified atom stereocenters. The summed E-state index contributed by atoms with van der Waals surface area (Å²) in [7, 11) is 1.39. The first kappa shape index (κ1) is 16.7. The van der Waals surface area contributed by atoms with Crippen molar-refractivity contribution < 1.29 is 26.3 Å². The van der Waals surface area contributed by atoms with Crippen molar-refractivity contribution in [3.05, 3.63) is 35.0 Å². The summed E-state index contributed by atoms with van der Waals surface area (Å²) in [6.45, 7) is 1.29.